The molecule has 2 aromatic heterocycles. The standard InChI is InChI=1S/C24H23N5O3/c1-16-20(17(2)32-28-16)13-14-22(30)25-26-24(31)21-15-29(19-11-7-4-8-12-19)27-23(21)18-9-5-3-6-10-18/h3-12,15H,13-14H2,1-2H3,(H,25,30)(H,26,31). The quantitative estimate of drug-likeness (QED) is 0.457. The van der Waals surface area contributed by atoms with Crippen LogP contribution in [-0.4, -0.2) is 26.8 Å². The number of rotatable bonds is 6. The molecule has 0 aliphatic heterocycles. The number of carbonyl (C=O) groups excluding carboxylic acids is 2. The van der Waals surface area contributed by atoms with Gasteiger partial charge in [-0.1, -0.05) is 53.7 Å². The fourth-order valence-electron chi connectivity index (χ4n) is 3.42. The van der Waals surface area contributed by atoms with Gasteiger partial charge in [-0.2, -0.15) is 5.10 Å². The van der Waals surface area contributed by atoms with Gasteiger partial charge in [-0.15, -0.1) is 0 Å². The Morgan fingerprint density at radius 1 is 0.969 bits per heavy atom. The number of nitrogens with zero attached hydrogens (tertiary/aromatic N) is 3. The van der Waals surface area contributed by atoms with Crippen molar-refractivity contribution in [1.29, 1.82) is 0 Å². The van der Waals surface area contributed by atoms with E-state index in [0.717, 1.165) is 22.5 Å². The van der Waals surface area contributed by atoms with E-state index in [1.54, 1.807) is 10.9 Å². The van der Waals surface area contributed by atoms with Crippen LogP contribution in [0.4, 0.5) is 0 Å². The Bertz CT molecular complexity index is 1210. The molecule has 0 bridgehead atoms. The van der Waals surface area contributed by atoms with Crippen LogP contribution < -0.4 is 10.9 Å². The van der Waals surface area contributed by atoms with Gasteiger partial charge >= 0.3 is 0 Å². The summed E-state index contributed by atoms with van der Waals surface area (Å²) in [6.07, 6.45) is 2.32. The van der Waals surface area contributed by atoms with Gasteiger partial charge in [-0.05, 0) is 32.4 Å². The molecule has 0 saturated heterocycles. The topological polar surface area (TPSA) is 102 Å². The SMILES string of the molecule is Cc1noc(C)c1CCC(=O)NNC(=O)c1cn(-c2ccccc2)nc1-c1ccccc1. The van der Waals surface area contributed by atoms with Crippen LogP contribution in [0.15, 0.2) is 71.4 Å². The van der Waals surface area contributed by atoms with Crippen molar-refractivity contribution in [3.8, 4) is 16.9 Å². The Hall–Kier alpha value is -4.20. The minimum Gasteiger partial charge on any atom is -0.361 e. The highest BCUT2D eigenvalue weighted by molar-refractivity contribution is 6.00. The first-order valence-corrected chi connectivity index (χ1v) is 10.2. The van der Waals surface area contributed by atoms with Crippen LogP contribution in [0.25, 0.3) is 16.9 Å². The zero-order valence-corrected chi connectivity index (χ0v) is 17.8. The predicted octanol–water partition coefficient (Wildman–Crippen LogP) is 3.54. The third-order valence-corrected chi connectivity index (χ3v) is 5.13. The molecule has 0 unspecified atom stereocenters. The highest BCUT2D eigenvalue weighted by Gasteiger charge is 2.19. The van der Waals surface area contributed by atoms with E-state index in [1.807, 2.05) is 74.5 Å². The van der Waals surface area contributed by atoms with E-state index in [2.05, 4.69) is 21.1 Å². The zero-order chi connectivity index (χ0) is 22.5. The molecule has 162 valence electrons. The highest BCUT2D eigenvalue weighted by Crippen LogP contribution is 2.23. The number of para-hydroxylation sites is 1. The number of hydrogen-bond acceptors (Lipinski definition) is 5. The van der Waals surface area contributed by atoms with E-state index in [0.29, 0.717) is 23.4 Å². The van der Waals surface area contributed by atoms with Crippen molar-refractivity contribution in [2.45, 2.75) is 26.7 Å². The molecule has 0 saturated carbocycles. The molecule has 0 aliphatic rings. The molecule has 2 aromatic carbocycles. The first-order valence-electron chi connectivity index (χ1n) is 10.2. The molecule has 0 fully saturated rings. The second-order valence-corrected chi connectivity index (χ2v) is 7.34. The molecule has 32 heavy (non-hydrogen) atoms. The fraction of sp³-hybridized carbons (Fsp3) is 0.167. The van der Waals surface area contributed by atoms with Crippen LogP contribution in [0.5, 0.6) is 0 Å². The number of hydrogen-bond donors (Lipinski definition) is 2. The van der Waals surface area contributed by atoms with Crippen molar-refractivity contribution in [2.24, 2.45) is 0 Å². The summed E-state index contributed by atoms with van der Waals surface area (Å²) in [7, 11) is 0. The van der Waals surface area contributed by atoms with Crippen LogP contribution >= 0.6 is 0 Å². The molecule has 0 radical (unpaired) electrons. The lowest BCUT2D eigenvalue weighted by Crippen LogP contribution is -2.41. The summed E-state index contributed by atoms with van der Waals surface area (Å²) >= 11 is 0. The Kier molecular flexibility index (Phi) is 6.12. The van der Waals surface area contributed by atoms with Gasteiger partial charge in [0.1, 0.15) is 11.5 Å². The van der Waals surface area contributed by atoms with E-state index in [1.165, 1.54) is 0 Å². The maximum absolute atomic E-state index is 12.9. The molecule has 8 heteroatoms. The summed E-state index contributed by atoms with van der Waals surface area (Å²) in [4.78, 5) is 25.2. The molecule has 4 rings (SSSR count). The van der Waals surface area contributed by atoms with Crippen molar-refractivity contribution >= 4 is 11.8 Å². The zero-order valence-electron chi connectivity index (χ0n) is 17.8. The largest absolute Gasteiger partial charge is 0.361 e. The Morgan fingerprint density at radius 2 is 1.66 bits per heavy atom. The maximum atomic E-state index is 12.9. The number of aromatic nitrogens is 3. The number of amides is 2. The molecule has 0 spiro atoms. The Balaban J connectivity index is 1.48. The molecule has 2 amide bonds. The summed E-state index contributed by atoms with van der Waals surface area (Å²) in [6, 6.07) is 19.0. The van der Waals surface area contributed by atoms with E-state index in [4.69, 9.17) is 4.52 Å². The summed E-state index contributed by atoms with van der Waals surface area (Å²) in [5.41, 5.74) is 9.16. The minimum absolute atomic E-state index is 0.192. The summed E-state index contributed by atoms with van der Waals surface area (Å²) in [5.74, 6) is -0.0630. The monoisotopic (exact) mass is 429 g/mol. The molecular weight excluding hydrogens is 406 g/mol. The first-order chi connectivity index (χ1) is 15.5. The number of carbonyl (C=O) groups is 2. The Morgan fingerprint density at radius 3 is 2.31 bits per heavy atom. The van der Waals surface area contributed by atoms with Gasteiger partial charge in [0, 0.05) is 23.7 Å². The van der Waals surface area contributed by atoms with Gasteiger partial charge < -0.3 is 4.52 Å². The number of hydrazine groups is 1. The van der Waals surface area contributed by atoms with Gasteiger partial charge in [0.05, 0.1) is 16.9 Å². The average Bonchev–Trinajstić information content (AvgIpc) is 3.41. The van der Waals surface area contributed by atoms with Gasteiger partial charge in [0.2, 0.25) is 5.91 Å². The third-order valence-electron chi connectivity index (χ3n) is 5.13. The molecular formula is C24H23N5O3. The fourth-order valence-corrected chi connectivity index (χ4v) is 3.42. The normalized spacial score (nSPS) is 10.7. The molecule has 4 aromatic rings. The maximum Gasteiger partial charge on any atom is 0.273 e. The van der Waals surface area contributed by atoms with Gasteiger partial charge in [0.25, 0.3) is 5.91 Å². The lowest BCUT2D eigenvalue weighted by Gasteiger charge is -2.07. The van der Waals surface area contributed by atoms with E-state index >= 15 is 0 Å². The van der Waals surface area contributed by atoms with Crippen molar-refractivity contribution < 1.29 is 14.1 Å². The van der Waals surface area contributed by atoms with Gasteiger partial charge in [-0.25, -0.2) is 4.68 Å². The van der Waals surface area contributed by atoms with Crippen molar-refractivity contribution in [3.05, 3.63) is 89.4 Å². The van der Waals surface area contributed by atoms with E-state index in [-0.39, 0.29) is 12.3 Å². The van der Waals surface area contributed by atoms with Crippen LogP contribution in [0.2, 0.25) is 0 Å². The molecule has 0 atom stereocenters. The number of benzene rings is 2. The van der Waals surface area contributed by atoms with Crippen molar-refractivity contribution in [3.63, 3.8) is 0 Å². The first kappa shape index (κ1) is 21.0. The predicted molar refractivity (Wildman–Crippen MR) is 119 cm³/mol. The van der Waals surface area contributed by atoms with E-state index < -0.39 is 5.91 Å². The highest BCUT2D eigenvalue weighted by atomic mass is 16.5. The Labute approximate surface area is 185 Å². The second kappa shape index (κ2) is 9.30. The van der Waals surface area contributed by atoms with E-state index in [9.17, 15) is 9.59 Å². The second-order valence-electron chi connectivity index (χ2n) is 7.34. The number of aryl methyl sites for hydroxylation is 2. The number of nitrogens with one attached hydrogen (secondary N) is 2. The van der Waals surface area contributed by atoms with Gasteiger partial charge in [-0.3, -0.25) is 20.4 Å². The lowest BCUT2D eigenvalue weighted by molar-refractivity contribution is -0.121. The summed E-state index contributed by atoms with van der Waals surface area (Å²) in [6.45, 7) is 3.64. The van der Waals surface area contributed by atoms with Gasteiger partial charge in [0.15, 0.2) is 0 Å². The third kappa shape index (κ3) is 4.59. The molecule has 0 aliphatic carbocycles. The smallest absolute Gasteiger partial charge is 0.273 e. The summed E-state index contributed by atoms with van der Waals surface area (Å²) in [5, 5.41) is 8.50. The van der Waals surface area contributed by atoms with Crippen molar-refractivity contribution in [1.82, 2.24) is 25.8 Å². The molecule has 2 N–H and O–H groups in total. The van der Waals surface area contributed by atoms with Crippen LogP contribution in [0.1, 0.15) is 33.8 Å². The lowest BCUT2D eigenvalue weighted by atomic mass is 10.1. The molecule has 2 heterocycles. The summed E-state index contributed by atoms with van der Waals surface area (Å²) < 4.78 is 6.77. The van der Waals surface area contributed by atoms with Crippen LogP contribution in [0.3, 0.4) is 0 Å². The minimum atomic E-state index is -0.447. The van der Waals surface area contributed by atoms with Crippen molar-refractivity contribution in [2.75, 3.05) is 0 Å². The average molecular weight is 429 g/mol. The molecule has 8 nitrogen and oxygen atoms in total. The van der Waals surface area contributed by atoms with Crippen LogP contribution in [-0.2, 0) is 11.2 Å². The van der Waals surface area contributed by atoms with Crippen LogP contribution in [0, 0.1) is 13.8 Å².